The number of hydrogen-bond acceptors (Lipinski definition) is 2. The van der Waals surface area contributed by atoms with Crippen LogP contribution in [0.25, 0.3) is 11.0 Å². The van der Waals surface area contributed by atoms with Gasteiger partial charge in [0.2, 0.25) is 0 Å². The van der Waals surface area contributed by atoms with E-state index >= 15 is 0 Å². The number of halogens is 1. The van der Waals surface area contributed by atoms with E-state index in [1.807, 2.05) is 37.4 Å². The number of aryl methyl sites for hydroxylation is 1. The molecule has 0 N–H and O–H groups in total. The summed E-state index contributed by atoms with van der Waals surface area (Å²) in [5.41, 5.74) is 3.23. The first-order valence-corrected chi connectivity index (χ1v) is 7.36. The predicted octanol–water partition coefficient (Wildman–Crippen LogP) is 4.57. The fourth-order valence-corrected chi connectivity index (χ4v) is 3.21. The molecule has 2 nitrogen and oxygen atoms in total. The van der Waals surface area contributed by atoms with Gasteiger partial charge < -0.3 is 4.57 Å². The second kappa shape index (κ2) is 5.29. The largest absolute Gasteiger partial charge is 0.322 e. The number of fused-ring (bicyclic) bond motifs is 1. The molecule has 0 bridgehead atoms. The predicted molar refractivity (Wildman–Crippen MR) is 81.4 cm³/mol. The Hall–Kier alpha value is -1.81. The van der Waals surface area contributed by atoms with Crippen molar-refractivity contribution in [1.29, 1.82) is 0 Å². The van der Waals surface area contributed by atoms with Crippen LogP contribution >= 0.6 is 11.8 Å². The molecule has 0 saturated heterocycles. The summed E-state index contributed by atoms with van der Waals surface area (Å²) in [4.78, 5) is 4.65. The Bertz CT molecular complexity index is 734. The van der Waals surface area contributed by atoms with Gasteiger partial charge in [-0.25, -0.2) is 9.37 Å². The Labute approximate surface area is 121 Å². The van der Waals surface area contributed by atoms with Crippen LogP contribution in [0.1, 0.15) is 17.7 Å². The van der Waals surface area contributed by atoms with Crippen molar-refractivity contribution in [3.63, 3.8) is 0 Å². The summed E-state index contributed by atoms with van der Waals surface area (Å²) >= 11 is 1.68. The molecule has 1 heterocycles. The summed E-state index contributed by atoms with van der Waals surface area (Å²) in [6.45, 7) is 2.11. The quantitative estimate of drug-likeness (QED) is 0.657. The molecule has 0 amide bonds. The number of aromatic nitrogens is 2. The highest BCUT2D eigenvalue weighted by molar-refractivity contribution is 7.99. The summed E-state index contributed by atoms with van der Waals surface area (Å²) in [6, 6.07) is 14.7. The minimum Gasteiger partial charge on any atom is -0.322 e. The van der Waals surface area contributed by atoms with Crippen LogP contribution < -0.4 is 0 Å². The lowest BCUT2D eigenvalue weighted by atomic mass is 10.2. The van der Waals surface area contributed by atoms with Gasteiger partial charge >= 0.3 is 0 Å². The normalized spacial score (nSPS) is 12.8. The molecule has 0 fully saturated rings. The number of para-hydroxylation sites is 2. The van der Waals surface area contributed by atoms with Crippen LogP contribution in [0.3, 0.4) is 0 Å². The molecule has 0 aliphatic rings. The minimum absolute atomic E-state index is 0.200. The average molecular weight is 286 g/mol. The standard InChI is InChI=1S/C16H15FN2S/c1-11(12-7-9-13(17)10-8-12)20-16-18-14-5-3-4-6-15(14)19(16)2/h3-11H,1-2H3/t11-/m1/s1. The second-order valence-electron chi connectivity index (χ2n) is 4.75. The lowest BCUT2D eigenvalue weighted by Gasteiger charge is -2.11. The monoisotopic (exact) mass is 286 g/mol. The van der Waals surface area contributed by atoms with Crippen molar-refractivity contribution < 1.29 is 4.39 Å². The fourth-order valence-electron chi connectivity index (χ4n) is 2.19. The van der Waals surface area contributed by atoms with Gasteiger partial charge in [-0.3, -0.25) is 0 Å². The van der Waals surface area contributed by atoms with Crippen LogP contribution in [0.4, 0.5) is 4.39 Å². The van der Waals surface area contributed by atoms with Gasteiger partial charge in [0.1, 0.15) is 5.82 Å². The molecule has 0 aliphatic carbocycles. The Kier molecular flexibility index (Phi) is 3.49. The molecule has 0 spiro atoms. The van der Waals surface area contributed by atoms with E-state index in [9.17, 15) is 4.39 Å². The van der Waals surface area contributed by atoms with Crippen molar-refractivity contribution in [3.05, 3.63) is 59.9 Å². The zero-order valence-corrected chi connectivity index (χ0v) is 12.2. The Morgan fingerprint density at radius 2 is 1.80 bits per heavy atom. The number of thioether (sulfide) groups is 1. The van der Waals surface area contributed by atoms with Crippen molar-refractivity contribution in [2.75, 3.05) is 0 Å². The van der Waals surface area contributed by atoms with Gasteiger partial charge in [-0.05, 0) is 36.8 Å². The van der Waals surface area contributed by atoms with E-state index in [1.165, 1.54) is 12.1 Å². The van der Waals surface area contributed by atoms with Crippen LogP contribution in [0, 0.1) is 5.82 Å². The van der Waals surface area contributed by atoms with Crippen LogP contribution in [-0.2, 0) is 7.05 Å². The van der Waals surface area contributed by atoms with Gasteiger partial charge in [0.15, 0.2) is 5.16 Å². The van der Waals surface area contributed by atoms with Crippen molar-refractivity contribution in [1.82, 2.24) is 9.55 Å². The SMILES string of the molecule is C[C@@H](Sc1nc2ccccc2n1C)c1ccc(F)cc1. The number of imidazole rings is 1. The maximum Gasteiger partial charge on any atom is 0.169 e. The lowest BCUT2D eigenvalue weighted by molar-refractivity contribution is 0.627. The first kappa shape index (κ1) is 13.2. The Balaban J connectivity index is 1.89. The molecule has 1 atom stereocenters. The molecule has 20 heavy (non-hydrogen) atoms. The Morgan fingerprint density at radius 1 is 1.10 bits per heavy atom. The highest BCUT2D eigenvalue weighted by Gasteiger charge is 2.13. The molecule has 3 aromatic rings. The van der Waals surface area contributed by atoms with Crippen LogP contribution in [0.5, 0.6) is 0 Å². The van der Waals surface area contributed by atoms with Crippen LogP contribution in [0.15, 0.2) is 53.7 Å². The van der Waals surface area contributed by atoms with Gasteiger partial charge in [0.05, 0.1) is 11.0 Å². The third-order valence-corrected chi connectivity index (χ3v) is 4.57. The first-order valence-electron chi connectivity index (χ1n) is 6.49. The van der Waals surface area contributed by atoms with E-state index in [0.29, 0.717) is 0 Å². The topological polar surface area (TPSA) is 17.8 Å². The minimum atomic E-state index is -0.200. The van der Waals surface area contributed by atoms with Gasteiger partial charge in [0.25, 0.3) is 0 Å². The van der Waals surface area contributed by atoms with E-state index in [0.717, 1.165) is 21.8 Å². The van der Waals surface area contributed by atoms with E-state index < -0.39 is 0 Å². The maximum absolute atomic E-state index is 13.0. The molecule has 2 aromatic carbocycles. The molecule has 102 valence electrons. The van der Waals surface area contributed by atoms with E-state index in [1.54, 1.807) is 11.8 Å². The highest BCUT2D eigenvalue weighted by atomic mass is 32.2. The second-order valence-corrected chi connectivity index (χ2v) is 6.06. The summed E-state index contributed by atoms with van der Waals surface area (Å²) < 4.78 is 15.1. The van der Waals surface area contributed by atoms with Crippen LogP contribution in [0.2, 0.25) is 0 Å². The fraction of sp³-hybridized carbons (Fsp3) is 0.188. The van der Waals surface area contributed by atoms with Gasteiger partial charge in [-0.2, -0.15) is 0 Å². The van der Waals surface area contributed by atoms with E-state index in [-0.39, 0.29) is 11.1 Å². The molecule has 0 saturated carbocycles. The van der Waals surface area contributed by atoms with E-state index in [4.69, 9.17) is 0 Å². The van der Waals surface area contributed by atoms with Gasteiger partial charge in [-0.15, -0.1) is 0 Å². The van der Waals surface area contributed by atoms with E-state index in [2.05, 4.69) is 22.5 Å². The van der Waals surface area contributed by atoms with Crippen LogP contribution in [-0.4, -0.2) is 9.55 Å². The number of nitrogens with zero attached hydrogens (tertiary/aromatic N) is 2. The number of benzene rings is 2. The third kappa shape index (κ3) is 2.43. The number of rotatable bonds is 3. The van der Waals surface area contributed by atoms with Gasteiger partial charge in [0, 0.05) is 12.3 Å². The summed E-state index contributed by atoms with van der Waals surface area (Å²) in [5.74, 6) is -0.200. The highest BCUT2D eigenvalue weighted by Crippen LogP contribution is 2.35. The molecule has 4 heteroatoms. The van der Waals surface area contributed by atoms with Crippen molar-refractivity contribution >= 4 is 22.8 Å². The van der Waals surface area contributed by atoms with Gasteiger partial charge in [-0.1, -0.05) is 36.0 Å². The molecule has 1 aromatic heterocycles. The summed E-state index contributed by atoms with van der Waals surface area (Å²) in [7, 11) is 2.02. The summed E-state index contributed by atoms with van der Waals surface area (Å²) in [6.07, 6.45) is 0. The lowest BCUT2D eigenvalue weighted by Crippen LogP contribution is -1.94. The summed E-state index contributed by atoms with van der Waals surface area (Å²) in [5, 5.41) is 1.20. The van der Waals surface area contributed by atoms with Crippen molar-refractivity contribution in [3.8, 4) is 0 Å². The van der Waals surface area contributed by atoms with Crippen molar-refractivity contribution in [2.24, 2.45) is 7.05 Å². The first-order chi connectivity index (χ1) is 9.65. The molecule has 0 unspecified atom stereocenters. The number of hydrogen-bond donors (Lipinski definition) is 0. The third-order valence-electron chi connectivity index (χ3n) is 3.37. The molecular weight excluding hydrogens is 271 g/mol. The smallest absolute Gasteiger partial charge is 0.169 e. The van der Waals surface area contributed by atoms with Crippen molar-refractivity contribution in [2.45, 2.75) is 17.3 Å². The molecule has 3 rings (SSSR count). The molecular formula is C16H15FN2S. The zero-order chi connectivity index (χ0) is 14.1. The average Bonchev–Trinajstić information content (AvgIpc) is 2.77. The molecule has 0 aliphatic heterocycles. The maximum atomic E-state index is 13.0. The molecule has 0 radical (unpaired) electrons. The Morgan fingerprint density at radius 3 is 2.50 bits per heavy atom. The zero-order valence-electron chi connectivity index (χ0n) is 11.4.